The van der Waals surface area contributed by atoms with Crippen molar-refractivity contribution in [1.82, 2.24) is 4.90 Å². The molecule has 1 aromatic carbocycles. The normalized spacial score (nSPS) is 24.1. The highest BCUT2D eigenvalue weighted by Gasteiger charge is 2.30. The first-order valence-corrected chi connectivity index (χ1v) is 6.14. The summed E-state index contributed by atoms with van der Waals surface area (Å²) in [6, 6.07) is 4.60. The van der Waals surface area contributed by atoms with Gasteiger partial charge in [-0.2, -0.15) is 0 Å². The Bertz CT molecular complexity index is 437. The maximum Gasteiger partial charge on any atom is 0.257 e. The smallest absolute Gasteiger partial charge is 0.257 e. The second-order valence-corrected chi connectivity index (χ2v) is 5.26. The summed E-state index contributed by atoms with van der Waals surface area (Å²) in [6.45, 7) is 5.78. The number of carbonyl (C=O) groups excluding carboxylic acids is 1. The van der Waals surface area contributed by atoms with Crippen LogP contribution in [0.3, 0.4) is 0 Å². The highest BCUT2D eigenvalue weighted by atomic mass is 35.5. The van der Waals surface area contributed by atoms with Crippen LogP contribution in [0.5, 0.6) is 5.75 Å². The summed E-state index contributed by atoms with van der Waals surface area (Å²) in [5, 5.41) is 10.2. The Hall–Kier alpha value is -1.22. The molecular formula is C13H16ClNO2. The third-order valence-corrected chi connectivity index (χ3v) is 3.70. The van der Waals surface area contributed by atoms with Crippen LogP contribution in [-0.2, 0) is 0 Å². The molecule has 0 spiro atoms. The maximum atomic E-state index is 12.2. The Morgan fingerprint density at radius 2 is 1.94 bits per heavy atom. The summed E-state index contributed by atoms with van der Waals surface area (Å²) in [7, 11) is 0. The zero-order chi connectivity index (χ0) is 12.6. The number of rotatable bonds is 1. The predicted octanol–water partition coefficient (Wildman–Crippen LogP) is 2.77. The molecule has 0 saturated carbocycles. The number of halogens is 1. The van der Waals surface area contributed by atoms with Crippen LogP contribution in [-0.4, -0.2) is 29.0 Å². The molecule has 2 atom stereocenters. The zero-order valence-electron chi connectivity index (χ0n) is 9.98. The van der Waals surface area contributed by atoms with Gasteiger partial charge in [0.2, 0.25) is 0 Å². The lowest BCUT2D eigenvalue weighted by atomic mass is 10.0. The molecule has 4 heteroatoms. The Balaban J connectivity index is 2.20. The third kappa shape index (κ3) is 2.39. The first-order valence-electron chi connectivity index (χ1n) is 5.77. The van der Waals surface area contributed by atoms with Crippen LogP contribution in [0.4, 0.5) is 0 Å². The third-order valence-electron chi connectivity index (χ3n) is 3.47. The van der Waals surface area contributed by atoms with Gasteiger partial charge in [-0.1, -0.05) is 25.4 Å². The maximum absolute atomic E-state index is 12.2. The van der Waals surface area contributed by atoms with Crippen molar-refractivity contribution >= 4 is 17.5 Å². The quantitative estimate of drug-likeness (QED) is 0.836. The van der Waals surface area contributed by atoms with Gasteiger partial charge in [-0.15, -0.1) is 0 Å². The van der Waals surface area contributed by atoms with Crippen molar-refractivity contribution in [2.24, 2.45) is 11.8 Å². The predicted molar refractivity (Wildman–Crippen MR) is 67.3 cm³/mol. The van der Waals surface area contributed by atoms with Crippen LogP contribution >= 0.6 is 11.6 Å². The minimum Gasteiger partial charge on any atom is -0.507 e. The highest BCUT2D eigenvalue weighted by molar-refractivity contribution is 6.30. The van der Waals surface area contributed by atoms with Crippen LogP contribution in [0.15, 0.2) is 18.2 Å². The van der Waals surface area contributed by atoms with Crippen molar-refractivity contribution in [3.63, 3.8) is 0 Å². The van der Waals surface area contributed by atoms with E-state index in [2.05, 4.69) is 13.8 Å². The SMILES string of the molecule is CC1CN(C(=O)c2ccc(Cl)cc2O)CC1C. The molecule has 0 radical (unpaired) electrons. The van der Waals surface area contributed by atoms with E-state index in [9.17, 15) is 9.90 Å². The molecule has 1 aliphatic heterocycles. The summed E-state index contributed by atoms with van der Waals surface area (Å²) in [5.41, 5.74) is 0.329. The summed E-state index contributed by atoms with van der Waals surface area (Å²) in [4.78, 5) is 14.0. The van der Waals surface area contributed by atoms with E-state index in [0.29, 0.717) is 22.4 Å². The number of amides is 1. The van der Waals surface area contributed by atoms with E-state index in [4.69, 9.17) is 11.6 Å². The molecule has 1 heterocycles. The van der Waals surface area contributed by atoms with Crippen molar-refractivity contribution in [1.29, 1.82) is 0 Å². The van der Waals surface area contributed by atoms with E-state index in [-0.39, 0.29) is 11.7 Å². The van der Waals surface area contributed by atoms with E-state index < -0.39 is 0 Å². The molecule has 1 aliphatic rings. The molecule has 1 aromatic rings. The van der Waals surface area contributed by atoms with Crippen LogP contribution in [0, 0.1) is 11.8 Å². The molecule has 17 heavy (non-hydrogen) atoms. The number of phenols is 1. The summed E-state index contributed by atoms with van der Waals surface area (Å²) < 4.78 is 0. The van der Waals surface area contributed by atoms with Crippen LogP contribution in [0.25, 0.3) is 0 Å². The largest absolute Gasteiger partial charge is 0.507 e. The fourth-order valence-electron chi connectivity index (χ4n) is 2.15. The molecule has 92 valence electrons. The molecule has 3 nitrogen and oxygen atoms in total. The number of carbonyl (C=O) groups is 1. The van der Waals surface area contributed by atoms with Crippen molar-refractivity contribution in [3.05, 3.63) is 28.8 Å². The molecule has 0 aromatic heterocycles. The number of nitrogens with zero attached hydrogens (tertiary/aromatic N) is 1. The molecule has 1 saturated heterocycles. The van der Waals surface area contributed by atoms with Gasteiger partial charge in [0.15, 0.2) is 0 Å². The Morgan fingerprint density at radius 3 is 2.47 bits per heavy atom. The Morgan fingerprint density at radius 1 is 1.35 bits per heavy atom. The lowest BCUT2D eigenvalue weighted by Gasteiger charge is -2.16. The molecule has 2 rings (SSSR count). The molecular weight excluding hydrogens is 238 g/mol. The standard InChI is InChI=1S/C13H16ClNO2/c1-8-6-15(7-9(8)2)13(17)11-4-3-10(14)5-12(11)16/h3-5,8-9,16H,6-7H2,1-2H3. The molecule has 2 unspecified atom stereocenters. The first kappa shape index (κ1) is 12.2. The number of hydrogen-bond donors (Lipinski definition) is 1. The summed E-state index contributed by atoms with van der Waals surface area (Å²) >= 11 is 5.74. The second-order valence-electron chi connectivity index (χ2n) is 4.83. The lowest BCUT2D eigenvalue weighted by Crippen LogP contribution is -2.28. The van der Waals surface area contributed by atoms with Crippen LogP contribution in [0.2, 0.25) is 5.02 Å². The molecule has 1 N–H and O–H groups in total. The topological polar surface area (TPSA) is 40.5 Å². The van der Waals surface area contributed by atoms with Gasteiger partial charge < -0.3 is 10.0 Å². The first-order chi connectivity index (χ1) is 7.99. The monoisotopic (exact) mass is 253 g/mol. The van der Waals surface area contributed by atoms with Gasteiger partial charge >= 0.3 is 0 Å². The van der Waals surface area contributed by atoms with Crippen molar-refractivity contribution in [3.8, 4) is 5.75 Å². The van der Waals surface area contributed by atoms with Gasteiger partial charge in [-0.3, -0.25) is 4.79 Å². The number of phenolic OH excluding ortho intramolecular Hbond substituents is 1. The van der Waals surface area contributed by atoms with Crippen LogP contribution in [0.1, 0.15) is 24.2 Å². The van der Waals surface area contributed by atoms with Gasteiger partial charge in [0.1, 0.15) is 5.75 Å². The minimum atomic E-state index is -0.115. The number of benzene rings is 1. The second kappa shape index (κ2) is 4.57. The minimum absolute atomic E-state index is 0.0466. The molecule has 0 bridgehead atoms. The van der Waals surface area contributed by atoms with Gasteiger partial charge in [0, 0.05) is 18.1 Å². The van der Waals surface area contributed by atoms with Crippen molar-refractivity contribution < 1.29 is 9.90 Å². The van der Waals surface area contributed by atoms with E-state index in [0.717, 1.165) is 13.1 Å². The van der Waals surface area contributed by atoms with E-state index >= 15 is 0 Å². The summed E-state index contributed by atoms with van der Waals surface area (Å²) in [6.07, 6.45) is 0. The number of likely N-dealkylation sites (tertiary alicyclic amines) is 1. The fourth-order valence-corrected chi connectivity index (χ4v) is 2.32. The van der Waals surface area contributed by atoms with Gasteiger partial charge in [-0.05, 0) is 30.0 Å². The van der Waals surface area contributed by atoms with Crippen molar-refractivity contribution in [2.75, 3.05) is 13.1 Å². The zero-order valence-corrected chi connectivity index (χ0v) is 10.7. The Labute approximate surface area is 106 Å². The van der Waals surface area contributed by atoms with Crippen molar-refractivity contribution in [2.45, 2.75) is 13.8 Å². The van der Waals surface area contributed by atoms with Gasteiger partial charge in [0.25, 0.3) is 5.91 Å². The number of hydrogen-bond acceptors (Lipinski definition) is 2. The van der Waals surface area contributed by atoms with E-state index in [1.165, 1.54) is 6.07 Å². The number of aromatic hydroxyl groups is 1. The molecule has 0 aliphatic carbocycles. The Kier molecular flexibility index (Phi) is 3.29. The van der Waals surface area contributed by atoms with E-state index in [1.807, 2.05) is 0 Å². The average molecular weight is 254 g/mol. The molecule has 1 fully saturated rings. The highest BCUT2D eigenvalue weighted by Crippen LogP contribution is 2.27. The lowest BCUT2D eigenvalue weighted by molar-refractivity contribution is 0.0782. The van der Waals surface area contributed by atoms with Gasteiger partial charge in [0.05, 0.1) is 5.56 Å². The summed E-state index contributed by atoms with van der Waals surface area (Å²) in [5.74, 6) is 0.854. The van der Waals surface area contributed by atoms with Gasteiger partial charge in [-0.25, -0.2) is 0 Å². The molecule has 1 amide bonds. The fraction of sp³-hybridized carbons (Fsp3) is 0.462. The van der Waals surface area contributed by atoms with Crippen LogP contribution < -0.4 is 0 Å². The average Bonchev–Trinajstić information content (AvgIpc) is 2.58. The van der Waals surface area contributed by atoms with E-state index in [1.54, 1.807) is 17.0 Å².